The standard InChI is InChI=1S/C14H25N/c1-2-3-7-15-14-9-10-8-13(14)12-6-4-5-11(10)12/h10-15H,2-9H2,1H3/t10-,11+,12-,13+,14+/m0/s1. The van der Waals surface area contributed by atoms with Crippen LogP contribution in [0.3, 0.4) is 0 Å². The van der Waals surface area contributed by atoms with E-state index in [-0.39, 0.29) is 0 Å². The van der Waals surface area contributed by atoms with Crippen LogP contribution in [0.2, 0.25) is 0 Å². The van der Waals surface area contributed by atoms with E-state index in [9.17, 15) is 0 Å². The molecule has 0 aromatic heterocycles. The van der Waals surface area contributed by atoms with Gasteiger partial charge in [0.15, 0.2) is 0 Å². The minimum absolute atomic E-state index is 0.904. The van der Waals surface area contributed by atoms with Gasteiger partial charge in [0.1, 0.15) is 0 Å². The Hall–Kier alpha value is -0.0400. The third kappa shape index (κ3) is 1.63. The summed E-state index contributed by atoms with van der Waals surface area (Å²) >= 11 is 0. The molecule has 5 atom stereocenters. The molecule has 1 nitrogen and oxygen atoms in total. The van der Waals surface area contributed by atoms with Crippen molar-refractivity contribution >= 4 is 0 Å². The minimum atomic E-state index is 0.904. The highest BCUT2D eigenvalue weighted by Crippen LogP contribution is 2.58. The maximum Gasteiger partial charge on any atom is 0.0101 e. The zero-order chi connectivity index (χ0) is 10.3. The second kappa shape index (κ2) is 4.08. The van der Waals surface area contributed by atoms with Crippen LogP contribution in [0.25, 0.3) is 0 Å². The molecular weight excluding hydrogens is 182 g/mol. The monoisotopic (exact) mass is 207 g/mol. The Morgan fingerprint density at radius 2 is 1.93 bits per heavy atom. The molecule has 1 heteroatoms. The molecule has 0 heterocycles. The van der Waals surface area contributed by atoms with Gasteiger partial charge in [0.2, 0.25) is 0 Å². The Morgan fingerprint density at radius 1 is 1.07 bits per heavy atom. The van der Waals surface area contributed by atoms with Gasteiger partial charge in [-0.25, -0.2) is 0 Å². The number of rotatable bonds is 4. The zero-order valence-electron chi connectivity index (χ0n) is 10.0. The van der Waals surface area contributed by atoms with E-state index in [4.69, 9.17) is 0 Å². The fourth-order valence-corrected chi connectivity index (χ4v) is 4.77. The van der Waals surface area contributed by atoms with E-state index in [1.807, 2.05) is 0 Å². The van der Waals surface area contributed by atoms with Crippen molar-refractivity contribution in [3.63, 3.8) is 0 Å². The van der Waals surface area contributed by atoms with Gasteiger partial charge in [0, 0.05) is 6.04 Å². The zero-order valence-corrected chi connectivity index (χ0v) is 10.0. The third-order valence-corrected chi connectivity index (χ3v) is 5.37. The summed E-state index contributed by atoms with van der Waals surface area (Å²) < 4.78 is 0. The van der Waals surface area contributed by atoms with Gasteiger partial charge in [-0.2, -0.15) is 0 Å². The number of hydrogen-bond donors (Lipinski definition) is 1. The molecule has 0 unspecified atom stereocenters. The molecule has 0 spiro atoms. The van der Waals surface area contributed by atoms with Gasteiger partial charge in [-0.15, -0.1) is 0 Å². The molecular formula is C14H25N. The summed E-state index contributed by atoms with van der Waals surface area (Å²) in [5.74, 6) is 4.46. The normalized spacial score (nSPS) is 47.4. The Kier molecular flexibility index (Phi) is 2.76. The van der Waals surface area contributed by atoms with E-state index < -0.39 is 0 Å². The van der Waals surface area contributed by atoms with Gasteiger partial charge in [-0.05, 0) is 62.3 Å². The smallest absolute Gasteiger partial charge is 0.0101 e. The van der Waals surface area contributed by atoms with Gasteiger partial charge in [-0.3, -0.25) is 0 Å². The summed E-state index contributed by atoms with van der Waals surface area (Å²) in [6.07, 6.45) is 10.4. The maximum absolute atomic E-state index is 3.83. The molecule has 1 N–H and O–H groups in total. The van der Waals surface area contributed by atoms with Crippen molar-refractivity contribution in [2.45, 2.75) is 57.9 Å². The first-order chi connectivity index (χ1) is 7.40. The van der Waals surface area contributed by atoms with Crippen molar-refractivity contribution in [1.29, 1.82) is 0 Å². The van der Waals surface area contributed by atoms with E-state index in [0.29, 0.717) is 0 Å². The predicted molar refractivity (Wildman–Crippen MR) is 63.7 cm³/mol. The molecule has 0 aromatic rings. The fourth-order valence-electron chi connectivity index (χ4n) is 4.77. The first-order valence-electron chi connectivity index (χ1n) is 7.13. The molecule has 0 aliphatic heterocycles. The van der Waals surface area contributed by atoms with Crippen LogP contribution in [0, 0.1) is 23.7 Å². The van der Waals surface area contributed by atoms with Gasteiger partial charge < -0.3 is 5.32 Å². The molecule has 0 aromatic carbocycles. The summed E-state index contributed by atoms with van der Waals surface area (Å²) in [4.78, 5) is 0. The highest BCUT2D eigenvalue weighted by Gasteiger charge is 2.53. The number of nitrogens with one attached hydrogen (secondary N) is 1. The van der Waals surface area contributed by atoms with Gasteiger partial charge in [0.25, 0.3) is 0 Å². The van der Waals surface area contributed by atoms with E-state index in [1.165, 1.54) is 32.2 Å². The molecule has 3 aliphatic carbocycles. The molecule has 3 saturated carbocycles. The first kappa shape index (κ1) is 10.1. The number of hydrogen-bond acceptors (Lipinski definition) is 1. The Labute approximate surface area is 94.0 Å². The summed E-state index contributed by atoms with van der Waals surface area (Å²) in [5, 5.41) is 3.83. The van der Waals surface area contributed by atoms with Crippen LogP contribution in [0.4, 0.5) is 0 Å². The van der Waals surface area contributed by atoms with Crippen LogP contribution in [0.1, 0.15) is 51.9 Å². The lowest BCUT2D eigenvalue weighted by atomic mass is 9.79. The molecule has 0 radical (unpaired) electrons. The van der Waals surface area contributed by atoms with Gasteiger partial charge >= 0.3 is 0 Å². The lowest BCUT2D eigenvalue weighted by Crippen LogP contribution is -2.39. The molecule has 0 saturated heterocycles. The highest BCUT2D eigenvalue weighted by atomic mass is 14.9. The van der Waals surface area contributed by atoms with Gasteiger partial charge in [0.05, 0.1) is 0 Å². The maximum atomic E-state index is 3.83. The molecule has 0 amide bonds. The summed E-state index contributed by atoms with van der Waals surface area (Å²) in [6.45, 7) is 3.55. The van der Waals surface area contributed by atoms with Gasteiger partial charge in [-0.1, -0.05) is 19.8 Å². The second-order valence-corrected chi connectivity index (χ2v) is 6.07. The van der Waals surface area contributed by atoms with Crippen molar-refractivity contribution in [2.75, 3.05) is 6.54 Å². The molecule has 3 aliphatic rings. The van der Waals surface area contributed by atoms with E-state index in [2.05, 4.69) is 12.2 Å². The van der Waals surface area contributed by atoms with Crippen molar-refractivity contribution in [3.8, 4) is 0 Å². The molecule has 2 bridgehead atoms. The van der Waals surface area contributed by atoms with Crippen LogP contribution < -0.4 is 5.32 Å². The Bertz CT molecular complexity index is 225. The highest BCUT2D eigenvalue weighted by molar-refractivity contribution is 5.05. The largest absolute Gasteiger partial charge is 0.314 e. The average Bonchev–Trinajstić information content (AvgIpc) is 2.89. The summed E-state index contributed by atoms with van der Waals surface area (Å²) in [5.41, 5.74) is 0. The van der Waals surface area contributed by atoms with Crippen molar-refractivity contribution in [2.24, 2.45) is 23.7 Å². The first-order valence-corrected chi connectivity index (χ1v) is 7.13. The molecule has 86 valence electrons. The molecule has 3 rings (SSSR count). The average molecular weight is 207 g/mol. The Balaban J connectivity index is 1.56. The lowest BCUT2D eigenvalue weighted by Gasteiger charge is -2.32. The number of unbranched alkanes of at least 4 members (excludes halogenated alkanes) is 1. The van der Waals surface area contributed by atoms with Crippen molar-refractivity contribution in [1.82, 2.24) is 5.32 Å². The van der Waals surface area contributed by atoms with E-state index in [1.54, 1.807) is 19.3 Å². The van der Waals surface area contributed by atoms with Crippen LogP contribution in [0.15, 0.2) is 0 Å². The van der Waals surface area contributed by atoms with Crippen LogP contribution in [-0.2, 0) is 0 Å². The summed E-state index contributed by atoms with van der Waals surface area (Å²) in [6, 6.07) is 0.904. The molecule has 15 heavy (non-hydrogen) atoms. The fraction of sp³-hybridized carbons (Fsp3) is 1.00. The Morgan fingerprint density at radius 3 is 2.80 bits per heavy atom. The minimum Gasteiger partial charge on any atom is -0.314 e. The summed E-state index contributed by atoms with van der Waals surface area (Å²) in [7, 11) is 0. The van der Waals surface area contributed by atoms with Crippen molar-refractivity contribution < 1.29 is 0 Å². The SMILES string of the molecule is CCCCN[C@@H]1C[C@@H]2C[C@@H]1[C@H]1CCC[C@H]21. The van der Waals surface area contributed by atoms with Crippen molar-refractivity contribution in [3.05, 3.63) is 0 Å². The van der Waals surface area contributed by atoms with Crippen LogP contribution in [0.5, 0.6) is 0 Å². The van der Waals surface area contributed by atoms with E-state index >= 15 is 0 Å². The lowest BCUT2D eigenvalue weighted by molar-refractivity contribution is 0.209. The number of fused-ring (bicyclic) bond motifs is 5. The quantitative estimate of drug-likeness (QED) is 0.698. The topological polar surface area (TPSA) is 12.0 Å². The van der Waals surface area contributed by atoms with Crippen LogP contribution in [-0.4, -0.2) is 12.6 Å². The third-order valence-electron chi connectivity index (χ3n) is 5.37. The predicted octanol–water partition coefficient (Wildman–Crippen LogP) is 3.20. The van der Waals surface area contributed by atoms with Crippen LogP contribution >= 0.6 is 0 Å². The second-order valence-electron chi connectivity index (χ2n) is 6.07. The molecule has 3 fully saturated rings. The van der Waals surface area contributed by atoms with E-state index in [0.717, 1.165) is 29.7 Å².